The van der Waals surface area contributed by atoms with E-state index in [9.17, 15) is 14.9 Å². The molecule has 0 aliphatic rings. The highest BCUT2D eigenvalue weighted by Crippen LogP contribution is 2.22. The molecule has 0 spiro atoms. The van der Waals surface area contributed by atoms with Crippen LogP contribution in [0.15, 0.2) is 65.8 Å². The van der Waals surface area contributed by atoms with E-state index < -0.39 is 4.92 Å². The third-order valence-electron chi connectivity index (χ3n) is 4.19. The molecule has 0 aliphatic heterocycles. The summed E-state index contributed by atoms with van der Waals surface area (Å²) in [6, 6.07) is 17.1. The van der Waals surface area contributed by atoms with Crippen molar-refractivity contribution in [3.8, 4) is 5.69 Å². The van der Waals surface area contributed by atoms with E-state index >= 15 is 0 Å². The predicted octanol–water partition coefficient (Wildman–Crippen LogP) is 3.77. The first-order valence-corrected chi connectivity index (χ1v) is 8.29. The summed E-state index contributed by atoms with van der Waals surface area (Å²) >= 11 is 0. The molecule has 0 unspecified atom stereocenters. The summed E-state index contributed by atoms with van der Waals surface area (Å²) < 4.78 is 1.98. The number of hydrogen-bond donors (Lipinski definition) is 1. The van der Waals surface area contributed by atoms with Crippen LogP contribution < -0.4 is 5.43 Å². The highest BCUT2D eigenvalue weighted by molar-refractivity contribution is 5.94. The van der Waals surface area contributed by atoms with E-state index in [1.54, 1.807) is 42.6 Å². The molecule has 0 saturated heterocycles. The number of nitrogens with one attached hydrogen (secondary N) is 1. The number of nitro benzene ring substituents is 1. The SMILES string of the molecule is Cc1cc(/C=N\NC(=O)c2ccccc2)c(C)n1-c1ccc([N+](=O)[O-])cc1. The summed E-state index contributed by atoms with van der Waals surface area (Å²) in [7, 11) is 0. The first-order valence-electron chi connectivity index (χ1n) is 8.29. The molecule has 3 aromatic rings. The van der Waals surface area contributed by atoms with E-state index in [-0.39, 0.29) is 11.6 Å². The molecule has 3 rings (SSSR count). The molecule has 0 aliphatic carbocycles. The number of hydrogen-bond acceptors (Lipinski definition) is 4. The average Bonchev–Trinajstić information content (AvgIpc) is 2.96. The lowest BCUT2D eigenvalue weighted by Crippen LogP contribution is -2.17. The first kappa shape index (κ1) is 18.1. The number of aromatic nitrogens is 1. The number of carbonyl (C=O) groups excluding carboxylic acids is 1. The van der Waals surface area contributed by atoms with Gasteiger partial charge in [-0.1, -0.05) is 18.2 Å². The van der Waals surface area contributed by atoms with Gasteiger partial charge in [-0.25, -0.2) is 5.43 Å². The second-order valence-electron chi connectivity index (χ2n) is 6.00. The van der Waals surface area contributed by atoms with E-state index in [2.05, 4.69) is 10.5 Å². The molecule has 2 aromatic carbocycles. The lowest BCUT2D eigenvalue weighted by Gasteiger charge is -2.09. The van der Waals surface area contributed by atoms with Gasteiger partial charge in [0.05, 0.1) is 11.1 Å². The highest BCUT2D eigenvalue weighted by atomic mass is 16.6. The summed E-state index contributed by atoms with van der Waals surface area (Å²) in [6.45, 7) is 3.86. The Morgan fingerprint density at radius 1 is 1.11 bits per heavy atom. The zero-order valence-corrected chi connectivity index (χ0v) is 14.9. The number of aryl methyl sites for hydroxylation is 1. The van der Waals surface area contributed by atoms with Crippen LogP contribution in [0.25, 0.3) is 5.69 Å². The molecular weight excluding hydrogens is 344 g/mol. The monoisotopic (exact) mass is 362 g/mol. The number of rotatable bonds is 5. The van der Waals surface area contributed by atoms with Gasteiger partial charge in [-0.05, 0) is 44.2 Å². The van der Waals surface area contributed by atoms with Gasteiger partial charge in [0.25, 0.3) is 11.6 Å². The van der Waals surface area contributed by atoms with Crippen LogP contribution in [0.1, 0.15) is 27.3 Å². The normalized spacial score (nSPS) is 10.9. The Balaban J connectivity index is 1.79. The molecule has 0 radical (unpaired) electrons. The number of nitro groups is 1. The number of non-ortho nitro benzene ring substituents is 1. The van der Waals surface area contributed by atoms with Crippen molar-refractivity contribution in [2.24, 2.45) is 5.10 Å². The van der Waals surface area contributed by atoms with Crippen molar-refractivity contribution in [3.63, 3.8) is 0 Å². The van der Waals surface area contributed by atoms with Gasteiger partial charge < -0.3 is 4.57 Å². The largest absolute Gasteiger partial charge is 0.318 e. The molecule has 0 bridgehead atoms. The Morgan fingerprint density at radius 2 is 1.78 bits per heavy atom. The Bertz CT molecular complexity index is 1010. The van der Waals surface area contributed by atoms with Crippen molar-refractivity contribution in [2.45, 2.75) is 13.8 Å². The second-order valence-corrected chi connectivity index (χ2v) is 6.00. The zero-order chi connectivity index (χ0) is 19.4. The van der Waals surface area contributed by atoms with Crippen molar-refractivity contribution in [2.75, 3.05) is 0 Å². The van der Waals surface area contributed by atoms with Crippen molar-refractivity contribution >= 4 is 17.8 Å². The van der Waals surface area contributed by atoms with Crippen molar-refractivity contribution in [1.29, 1.82) is 0 Å². The van der Waals surface area contributed by atoms with Gasteiger partial charge in [0.15, 0.2) is 0 Å². The van der Waals surface area contributed by atoms with Gasteiger partial charge in [0.1, 0.15) is 0 Å². The van der Waals surface area contributed by atoms with Crippen LogP contribution in [-0.4, -0.2) is 21.6 Å². The standard InChI is InChI=1S/C20H18N4O3/c1-14-12-17(13-21-22-20(25)16-6-4-3-5-7-16)15(2)23(14)18-8-10-19(11-9-18)24(26)27/h3-13H,1-2H3,(H,22,25)/b21-13-. The molecule has 0 fully saturated rings. The maximum Gasteiger partial charge on any atom is 0.271 e. The third kappa shape index (κ3) is 3.92. The summed E-state index contributed by atoms with van der Waals surface area (Å²) in [5.74, 6) is -0.281. The van der Waals surface area contributed by atoms with Gasteiger partial charge in [-0.15, -0.1) is 0 Å². The average molecular weight is 362 g/mol. The van der Waals surface area contributed by atoms with Crippen LogP contribution in [0.4, 0.5) is 5.69 Å². The minimum absolute atomic E-state index is 0.0478. The number of benzene rings is 2. The van der Waals surface area contributed by atoms with E-state index in [4.69, 9.17) is 0 Å². The predicted molar refractivity (Wildman–Crippen MR) is 103 cm³/mol. The minimum atomic E-state index is -0.424. The van der Waals surface area contributed by atoms with Crippen LogP contribution in [0, 0.1) is 24.0 Å². The second kappa shape index (κ2) is 7.65. The fourth-order valence-corrected chi connectivity index (χ4v) is 2.85. The maximum absolute atomic E-state index is 12.0. The number of amides is 1. The van der Waals surface area contributed by atoms with Crippen LogP contribution in [0.2, 0.25) is 0 Å². The van der Waals surface area contributed by atoms with Crippen molar-refractivity contribution in [1.82, 2.24) is 9.99 Å². The lowest BCUT2D eigenvalue weighted by atomic mass is 10.2. The molecule has 1 aromatic heterocycles. The molecule has 7 heteroatoms. The van der Waals surface area contributed by atoms with Crippen LogP contribution in [-0.2, 0) is 0 Å². The molecule has 0 saturated carbocycles. The Hall–Kier alpha value is -3.74. The molecule has 27 heavy (non-hydrogen) atoms. The summed E-state index contributed by atoms with van der Waals surface area (Å²) in [5, 5.41) is 14.8. The molecule has 0 atom stereocenters. The smallest absolute Gasteiger partial charge is 0.271 e. The van der Waals surface area contributed by atoms with Gasteiger partial charge in [0, 0.05) is 40.3 Å². The maximum atomic E-state index is 12.0. The summed E-state index contributed by atoms with van der Waals surface area (Å²) in [4.78, 5) is 22.4. The highest BCUT2D eigenvalue weighted by Gasteiger charge is 2.11. The number of hydrazone groups is 1. The molecule has 136 valence electrons. The Kier molecular flexibility index (Phi) is 5.12. The van der Waals surface area contributed by atoms with E-state index in [0.29, 0.717) is 5.56 Å². The van der Waals surface area contributed by atoms with Crippen molar-refractivity contribution in [3.05, 3.63) is 93.3 Å². The van der Waals surface area contributed by atoms with Gasteiger partial charge >= 0.3 is 0 Å². The fraction of sp³-hybridized carbons (Fsp3) is 0.100. The molecular formula is C20H18N4O3. The fourth-order valence-electron chi connectivity index (χ4n) is 2.85. The topological polar surface area (TPSA) is 89.5 Å². The van der Waals surface area contributed by atoms with Crippen LogP contribution in [0.3, 0.4) is 0 Å². The zero-order valence-electron chi connectivity index (χ0n) is 14.9. The molecule has 1 heterocycles. The minimum Gasteiger partial charge on any atom is -0.318 e. The summed E-state index contributed by atoms with van der Waals surface area (Å²) in [6.07, 6.45) is 1.59. The van der Waals surface area contributed by atoms with Gasteiger partial charge in [0.2, 0.25) is 0 Å². The Morgan fingerprint density at radius 3 is 2.41 bits per heavy atom. The lowest BCUT2D eigenvalue weighted by molar-refractivity contribution is -0.384. The molecule has 1 N–H and O–H groups in total. The van der Waals surface area contributed by atoms with Crippen molar-refractivity contribution < 1.29 is 9.72 Å². The quantitative estimate of drug-likeness (QED) is 0.426. The number of carbonyl (C=O) groups is 1. The van der Waals surface area contributed by atoms with E-state index in [1.807, 2.05) is 30.5 Å². The molecule has 1 amide bonds. The van der Waals surface area contributed by atoms with Crippen LogP contribution in [0.5, 0.6) is 0 Å². The van der Waals surface area contributed by atoms with Gasteiger partial charge in [-0.3, -0.25) is 14.9 Å². The number of nitrogens with zero attached hydrogens (tertiary/aromatic N) is 3. The van der Waals surface area contributed by atoms with E-state index in [0.717, 1.165) is 22.6 Å². The first-order chi connectivity index (χ1) is 13.0. The summed E-state index contributed by atoms with van der Waals surface area (Å²) in [5.41, 5.74) is 6.63. The molecule has 7 nitrogen and oxygen atoms in total. The van der Waals surface area contributed by atoms with E-state index in [1.165, 1.54) is 12.1 Å². The van der Waals surface area contributed by atoms with Gasteiger partial charge in [-0.2, -0.15) is 5.10 Å². The van der Waals surface area contributed by atoms with Crippen LogP contribution >= 0.6 is 0 Å². The Labute approximate surface area is 156 Å². The third-order valence-corrected chi connectivity index (χ3v) is 4.19.